The first-order valence-electron chi connectivity index (χ1n) is 39.3. The number of hydrogen-bond donors (Lipinski definition) is 2. The fourth-order valence-electron chi connectivity index (χ4n) is 16.7. The van der Waals surface area contributed by atoms with Crippen LogP contribution in [-0.2, 0) is 105 Å². The van der Waals surface area contributed by atoms with Gasteiger partial charge in [0.25, 0.3) is 0 Å². The van der Waals surface area contributed by atoms with Crippen molar-refractivity contribution in [3.05, 3.63) is 0 Å². The summed E-state index contributed by atoms with van der Waals surface area (Å²) in [6.07, 6.45) is 2.33. The fourth-order valence-corrected chi connectivity index (χ4v) is 164. The summed E-state index contributed by atoms with van der Waals surface area (Å²) in [5.74, 6) is -0.658. The van der Waals surface area contributed by atoms with E-state index in [1.807, 2.05) is 112 Å². The lowest BCUT2D eigenvalue weighted by Crippen LogP contribution is -2.78. The molecule has 0 radical (unpaired) electrons. The highest BCUT2D eigenvalue weighted by Crippen LogP contribution is 2.44. The van der Waals surface area contributed by atoms with Gasteiger partial charge < -0.3 is 110 Å². The lowest BCUT2D eigenvalue weighted by Gasteiger charge is -2.54. The van der Waals surface area contributed by atoms with Gasteiger partial charge in [0, 0.05) is 34.0 Å². The minimum absolute atomic E-state index is 0.224. The molecule has 27 nitrogen and oxygen atoms in total. The van der Waals surface area contributed by atoms with Crippen LogP contribution in [0, 0.1) is 5.92 Å². The molecule has 1 aliphatic heterocycles. The number of carbonyl (C=O) groups excluding carboxylic acids is 1. The first-order valence-corrected chi connectivity index (χ1v) is 108. The average Bonchev–Trinajstić information content (AvgIpc) is 0.735. The van der Waals surface area contributed by atoms with Crippen LogP contribution in [0.15, 0.2) is 0 Å². The van der Waals surface area contributed by atoms with Gasteiger partial charge in [0.1, 0.15) is 0 Å². The van der Waals surface area contributed by atoms with Crippen molar-refractivity contribution in [1.29, 1.82) is 0 Å². The van der Waals surface area contributed by atoms with Gasteiger partial charge in [-0.05, 0) is 306 Å². The molecule has 0 aromatic carbocycles. The number of rotatable bonds is 49. The summed E-state index contributed by atoms with van der Waals surface area (Å²) in [7, 11) is -65.3. The summed E-state index contributed by atoms with van der Waals surface area (Å²) in [6.45, 7) is 92.2. The van der Waals surface area contributed by atoms with Gasteiger partial charge in [0.2, 0.25) is 0 Å². The van der Waals surface area contributed by atoms with E-state index in [0.717, 1.165) is 24.9 Å². The average molecular weight is 1980 g/mol. The van der Waals surface area contributed by atoms with Crippen LogP contribution >= 0.6 is 0 Å². The van der Waals surface area contributed by atoms with Crippen LogP contribution in [0.4, 0.5) is 0 Å². The molecule has 1 rings (SSSR count). The quantitative estimate of drug-likeness (QED) is 0.0325. The molecule has 0 spiro atoms. The minimum atomic E-state index is -3.23. The van der Waals surface area contributed by atoms with Crippen molar-refractivity contribution in [3.8, 4) is 0 Å². The highest BCUT2D eigenvalue weighted by atomic mass is 29.7. The van der Waals surface area contributed by atoms with E-state index in [1.54, 1.807) is 47.5 Å². The SMILES string of the molecule is CO[Si](CCCOC(=O)C(C)C[Si]1(C)CCCCO[Si](C)(C)O[Si](C)(CC[Si](C)([Si](C)(C)O[Si](C)(C)O[Si](C)(C)O[Si](C)(C)O[Si](C)(C)O[Si](C)(C)O[Si](C)(C)O[Si](C)(C)O[Si](C)(C)O)[Si](C)(C)O[Si](C)(C)O[Si](C)(C)O[Si](C)(C)O[Si](C)(C)O[Si](C)(C)O[Si](C)(C)O[Si](C)(C)O[Si](C)(C)O[Si](C)(C)O)O1)(OC)OC. The second-order valence-electron chi connectivity index (χ2n) is 39.6. The Morgan fingerprint density at radius 2 is 0.618 bits per heavy atom. The summed E-state index contributed by atoms with van der Waals surface area (Å²) < 4.78 is 164. The van der Waals surface area contributed by atoms with E-state index in [9.17, 15) is 14.4 Å². The molecule has 1 heterocycles. The standard InChI is InChI=1S/C59H164O27Si24/c1-58(59(60)66-51-50-54-110(63-2,64-3)65-4)57-107(45)53-49-48-52-67-89(9,10)85-108(46,86-107)55-56-109(47,105(41,42)83-103(37,38)81-101(33,34)79-99(29,30)77-97(25,26)75-95(21,22)73-93(17,18)71-91(13,14)69-88(7,8)62)106(43,44)84-104(39,40)82-102(35,36)80-100(31,32)78-98(27,28)76-96(23,24)74-94(19,20)72-92(15,16)70-90(11,12)68-87(5,6)61/h58,61-62H,48-57H2,1-47H3. The molecule has 4 atom stereocenters. The van der Waals surface area contributed by atoms with Gasteiger partial charge in [-0.2, -0.15) is 0 Å². The van der Waals surface area contributed by atoms with Crippen molar-refractivity contribution < 1.29 is 115 Å². The van der Waals surface area contributed by atoms with Gasteiger partial charge in [-0.15, -0.1) is 0 Å². The normalized spacial score (nSPS) is 20.4. The molecule has 0 amide bonds. The zero-order chi connectivity index (χ0) is 87.2. The molecule has 1 aliphatic rings. The molecule has 658 valence electrons. The maximum Gasteiger partial charge on any atom is 0.500 e. The molecule has 110 heavy (non-hydrogen) atoms. The van der Waals surface area contributed by atoms with Crippen molar-refractivity contribution >= 4 is 209 Å². The predicted octanol–water partition coefficient (Wildman–Crippen LogP) is 17.5. The molecule has 0 aromatic heterocycles. The predicted molar refractivity (Wildman–Crippen MR) is 500 cm³/mol. The molecule has 4 unspecified atom stereocenters. The third-order valence-electron chi connectivity index (χ3n) is 17.5. The summed E-state index contributed by atoms with van der Waals surface area (Å²) in [5.41, 5.74) is 0. The van der Waals surface area contributed by atoms with Gasteiger partial charge in [-0.1, -0.05) is 25.9 Å². The molecule has 1 saturated heterocycles. The largest absolute Gasteiger partial charge is 0.500 e. The van der Waals surface area contributed by atoms with Crippen molar-refractivity contribution in [2.75, 3.05) is 34.5 Å². The summed E-state index contributed by atoms with van der Waals surface area (Å²) in [6, 6.07) is 3.39. The molecule has 0 aromatic rings. The van der Waals surface area contributed by atoms with E-state index in [1.165, 1.54) is 0 Å². The third-order valence-corrected chi connectivity index (χ3v) is 137. The van der Waals surface area contributed by atoms with E-state index >= 15 is 0 Å². The Balaban J connectivity index is 3.99. The monoisotopic (exact) mass is 1980 g/mol. The molecule has 2 N–H and O–H groups in total. The van der Waals surface area contributed by atoms with E-state index in [-0.39, 0.29) is 12.6 Å². The Morgan fingerprint density at radius 3 is 0.873 bits per heavy atom. The van der Waals surface area contributed by atoms with Gasteiger partial charge in [0.05, 0.1) is 19.6 Å². The Hall–Kier alpha value is 3.68. The first-order chi connectivity index (χ1) is 48.0. The van der Waals surface area contributed by atoms with Crippen LogP contribution in [0.5, 0.6) is 0 Å². The van der Waals surface area contributed by atoms with Gasteiger partial charge in [0.15, 0.2) is 24.0 Å². The second-order valence-corrected chi connectivity index (χ2v) is 140. The fraction of sp³-hybridized carbons (Fsp3) is 0.983. The minimum Gasteiger partial charge on any atom is -0.465 e. The lowest BCUT2D eigenvalue weighted by atomic mass is 10.2. The molecule has 0 saturated carbocycles. The van der Waals surface area contributed by atoms with E-state index in [0.29, 0.717) is 31.2 Å². The topological polar surface area (TPSA) is 279 Å². The van der Waals surface area contributed by atoms with E-state index in [2.05, 4.69) is 151 Å². The van der Waals surface area contributed by atoms with Crippen LogP contribution in [-0.4, -0.2) is 253 Å². The second kappa shape index (κ2) is 39.9. The van der Waals surface area contributed by atoms with Crippen LogP contribution in [0.2, 0.25) is 312 Å². The van der Waals surface area contributed by atoms with Gasteiger partial charge >= 0.3 is 177 Å². The molecular weight excluding hydrogens is 1810 g/mol. The first kappa shape index (κ1) is 112. The molecule has 51 heteroatoms. The maximum absolute atomic E-state index is 14.0. The zero-order valence-electron chi connectivity index (χ0n) is 78.2. The maximum atomic E-state index is 14.0. The Morgan fingerprint density at radius 1 is 0.364 bits per heavy atom. The number of ether oxygens (including phenoxy) is 1. The zero-order valence-corrected chi connectivity index (χ0v) is 102. The number of hydrogen-bond acceptors (Lipinski definition) is 27. The third kappa shape index (κ3) is 42.8. The highest BCUT2D eigenvalue weighted by Gasteiger charge is 2.64. The van der Waals surface area contributed by atoms with Crippen LogP contribution in [0.3, 0.4) is 0 Å². The lowest BCUT2D eigenvalue weighted by molar-refractivity contribution is -0.147. The number of carbonyl (C=O) groups is 1. The Bertz CT molecular complexity index is 2860. The van der Waals surface area contributed by atoms with Crippen molar-refractivity contribution in [1.82, 2.24) is 0 Å². The molecule has 0 bridgehead atoms. The van der Waals surface area contributed by atoms with Crippen LogP contribution < -0.4 is 0 Å². The van der Waals surface area contributed by atoms with Gasteiger partial charge in [-0.3, -0.25) is 4.79 Å². The van der Waals surface area contributed by atoms with E-state index in [4.69, 9.17) is 101 Å². The van der Waals surface area contributed by atoms with E-state index < -0.39 is 208 Å². The van der Waals surface area contributed by atoms with Crippen molar-refractivity contribution in [3.63, 3.8) is 0 Å². The molecule has 1 fully saturated rings. The van der Waals surface area contributed by atoms with Crippen LogP contribution in [0.25, 0.3) is 0 Å². The highest BCUT2D eigenvalue weighted by molar-refractivity contribution is 7.67. The Labute approximate surface area is 696 Å². The summed E-state index contributed by atoms with van der Waals surface area (Å²) in [5, 5.41) is 0. The molecule has 0 aliphatic carbocycles. The smallest absolute Gasteiger partial charge is 0.465 e. The Kier molecular flexibility index (Phi) is 40.5. The molecular formula is C59H164O27Si24. The van der Waals surface area contributed by atoms with Crippen LogP contribution in [0.1, 0.15) is 26.2 Å². The van der Waals surface area contributed by atoms with Crippen molar-refractivity contribution in [2.45, 2.75) is 338 Å². The summed E-state index contributed by atoms with van der Waals surface area (Å²) >= 11 is 0. The number of esters is 1. The van der Waals surface area contributed by atoms with Gasteiger partial charge in [-0.25, -0.2) is 0 Å². The van der Waals surface area contributed by atoms with Crippen molar-refractivity contribution in [2.24, 2.45) is 5.92 Å². The summed E-state index contributed by atoms with van der Waals surface area (Å²) in [4.78, 5) is 35.3.